The van der Waals surface area contributed by atoms with Crippen LogP contribution in [0.2, 0.25) is 0 Å². The molecule has 0 spiro atoms. The van der Waals surface area contributed by atoms with Gasteiger partial charge in [0.1, 0.15) is 46.4 Å². The van der Waals surface area contributed by atoms with E-state index in [4.69, 9.17) is 9.47 Å². The van der Waals surface area contributed by atoms with Crippen LogP contribution >= 0.6 is 0 Å². The number of pyridine rings is 1. The van der Waals surface area contributed by atoms with Gasteiger partial charge in [-0.15, -0.1) is 0 Å². The highest BCUT2D eigenvalue weighted by atomic mass is 32.2. The van der Waals surface area contributed by atoms with Gasteiger partial charge in [-0.05, 0) is 82.4 Å². The maximum atomic E-state index is 15.1. The lowest BCUT2D eigenvalue weighted by atomic mass is 9.85. The fourth-order valence-corrected chi connectivity index (χ4v) is 10.0. The second kappa shape index (κ2) is 16.4. The van der Waals surface area contributed by atoms with Crippen molar-refractivity contribution in [1.29, 1.82) is 0 Å². The number of rotatable bonds is 10. The van der Waals surface area contributed by atoms with Crippen LogP contribution in [-0.4, -0.2) is 127 Å². The van der Waals surface area contributed by atoms with Gasteiger partial charge < -0.3 is 29.7 Å². The summed E-state index contributed by atoms with van der Waals surface area (Å²) in [6.45, 7) is 3.05. The first-order chi connectivity index (χ1) is 28.4. The third kappa shape index (κ3) is 8.52. The number of hydrogen-bond acceptors (Lipinski definition) is 10. The Labute approximate surface area is 352 Å². The fraction of sp³-hybridized carbons (Fsp3) is 0.634. The van der Waals surface area contributed by atoms with E-state index >= 15 is 4.79 Å². The van der Waals surface area contributed by atoms with Gasteiger partial charge in [-0.25, -0.2) is 22.6 Å². The molecule has 0 radical (unpaired) electrons. The minimum atomic E-state index is -5.12. The third-order valence-electron chi connectivity index (χ3n) is 12.8. The molecule has 1 aromatic heterocycles. The molecule has 4 aliphatic rings. The van der Waals surface area contributed by atoms with E-state index in [-0.39, 0.29) is 48.8 Å². The Bertz CT molecular complexity index is 2200. The normalized spacial score (nSPS) is 28.1. The van der Waals surface area contributed by atoms with Crippen molar-refractivity contribution in [3.63, 3.8) is 0 Å². The molecule has 0 unspecified atom stereocenters. The predicted molar refractivity (Wildman–Crippen MR) is 216 cm³/mol. The van der Waals surface area contributed by atoms with Crippen LogP contribution in [0.25, 0.3) is 10.8 Å². The molecule has 3 N–H and O–H groups in total. The first-order valence-electron chi connectivity index (χ1n) is 20.2. The summed E-state index contributed by atoms with van der Waals surface area (Å²) in [6.07, 6.45) is -2.62. The van der Waals surface area contributed by atoms with Gasteiger partial charge in [-0.1, -0.05) is 26.0 Å². The number of nitrogens with one attached hydrogen (secondary N) is 2. The standard InChI is InChI=1S/C41H54F4N6O9S/c1-23-10-8-9-11-25-19-40(25,36(54)48-61(57,58)39(22-42)14-15-39)47-33(52)30-18-27(60-34-28-13-12-26(49(5)6)17-29(28)31(59-7)20-46-34)21-50(30)35(53)32(24(2)16-23)51(37(55)56)38(3,4)41(43,44)45/h9,11-13,17,20,23-25,27,30,32H,8,10,14-16,18-19,21-22H2,1-7H3,(H,47,52)(H,48,54)(H,55,56)/t23-,24+,25+,27+,30-,32-,40+/m0/s1. The number of anilines is 1. The fourth-order valence-electron chi connectivity index (χ4n) is 8.61. The predicted octanol–water partition coefficient (Wildman–Crippen LogP) is 5.18. The molecule has 4 amide bonds. The largest absolute Gasteiger partial charge is 0.494 e. The molecule has 20 heteroatoms. The molecule has 1 saturated heterocycles. The number of carboxylic acid groups (broad SMARTS) is 1. The SMILES string of the molecule is COc1cnc(O[C@@H]2C[C@H]3C(=O)N[C@]4(C(=O)NS(=O)(=O)C5(CF)CC5)C[C@H]4C=CCC[C@H](C)C[C@@H](C)[C@H](N(C(=O)O)C(C)(C)C(F)(F)F)C(=O)N3C2)c2ccc(N(C)C)cc12. The van der Waals surface area contributed by atoms with E-state index in [2.05, 4.69) is 10.3 Å². The van der Waals surface area contributed by atoms with Crippen LogP contribution < -0.4 is 24.4 Å². The molecule has 336 valence electrons. The summed E-state index contributed by atoms with van der Waals surface area (Å²) < 4.78 is 96.8. The zero-order valence-corrected chi connectivity index (χ0v) is 36.0. The minimum Gasteiger partial charge on any atom is -0.494 e. The number of aromatic nitrogens is 1. The number of amides is 4. The maximum absolute atomic E-state index is 15.1. The number of methoxy groups -OCH3 is 1. The summed E-state index contributed by atoms with van der Waals surface area (Å²) in [7, 11) is 0.660. The number of ether oxygens (including phenoxy) is 2. The van der Waals surface area contributed by atoms with Crippen LogP contribution in [0, 0.1) is 17.8 Å². The average molecular weight is 883 g/mol. The smallest absolute Gasteiger partial charge is 0.411 e. The van der Waals surface area contributed by atoms with Gasteiger partial charge in [0.15, 0.2) is 0 Å². The molecule has 2 saturated carbocycles. The van der Waals surface area contributed by atoms with Crippen molar-refractivity contribution >= 4 is 50.3 Å². The number of sulfonamides is 1. The average Bonchev–Trinajstić information content (AvgIpc) is 4.08. The number of carbonyl (C=O) groups is 4. The van der Waals surface area contributed by atoms with E-state index in [0.29, 0.717) is 43.2 Å². The van der Waals surface area contributed by atoms with Gasteiger partial charge in [0.25, 0.3) is 5.91 Å². The summed E-state index contributed by atoms with van der Waals surface area (Å²) in [4.78, 5) is 64.0. The number of alkyl halides is 4. The second-order valence-corrected chi connectivity index (χ2v) is 19.8. The molecule has 61 heavy (non-hydrogen) atoms. The number of nitrogens with zero attached hydrogens (tertiary/aromatic N) is 4. The number of hydrogen-bond donors (Lipinski definition) is 3. The number of benzene rings is 1. The first kappa shape index (κ1) is 45.6. The Kier molecular flexibility index (Phi) is 12.3. The highest BCUT2D eigenvalue weighted by Crippen LogP contribution is 2.48. The van der Waals surface area contributed by atoms with Crippen LogP contribution in [0.5, 0.6) is 11.6 Å². The van der Waals surface area contributed by atoms with Crippen LogP contribution in [0.3, 0.4) is 0 Å². The molecule has 1 aromatic carbocycles. The topological polar surface area (TPSA) is 188 Å². The molecular weight excluding hydrogens is 829 g/mol. The van der Waals surface area contributed by atoms with Crippen molar-refractivity contribution in [3.05, 3.63) is 36.5 Å². The Balaban J connectivity index is 1.43. The van der Waals surface area contributed by atoms with Crippen molar-refractivity contribution in [2.24, 2.45) is 17.8 Å². The van der Waals surface area contributed by atoms with Crippen molar-refractivity contribution in [2.45, 2.75) is 113 Å². The van der Waals surface area contributed by atoms with Gasteiger partial charge in [-0.2, -0.15) is 13.2 Å². The second-order valence-electron chi connectivity index (χ2n) is 17.7. The van der Waals surface area contributed by atoms with E-state index in [1.165, 1.54) is 20.2 Å². The zero-order chi connectivity index (χ0) is 45.0. The highest BCUT2D eigenvalue weighted by Gasteiger charge is 2.64. The van der Waals surface area contributed by atoms with Crippen molar-refractivity contribution in [1.82, 2.24) is 24.8 Å². The molecule has 15 nitrogen and oxygen atoms in total. The van der Waals surface area contributed by atoms with Gasteiger partial charge in [0.2, 0.25) is 27.7 Å². The van der Waals surface area contributed by atoms with Crippen molar-refractivity contribution < 1.29 is 59.7 Å². The lowest BCUT2D eigenvalue weighted by Gasteiger charge is -2.45. The van der Waals surface area contributed by atoms with Gasteiger partial charge in [0, 0.05) is 42.9 Å². The first-order valence-corrected chi connectivity index (χ1v) is 21.7. The van der Waals surface area contributed by atoms with Crippen molar-refractivity contribution in [3.8, 4) is 11.6 Å². The van der Waals surface area contributed by atoms with Gasteiger partial charge in [0.05, 0.1) is 19.9 Å². The van der Waals surface area contributed by atoms with Crippen LogP contribution in [-0.2, 0) is 24.4 Å². The van der Waals surface area contributed by atoms with Crippen molar-refractivity contribution in [2.75, 3.05) is 39.3 Å². The maximum Gasteiger partial charge on any atom is 0.411 e. The molecule has 3 fully saturated rings. The molecule has 3 heterocycles. The number of halogens is 4. The quantitative estimate of drug-likeness (QED) is 0.211. The Morgan fingerprint density at radius 1 is 1.11 bits per heavy atom. The summed E-state index contributed by atoms with van der Waals surface area (Å²) >= 11 is 0. The highest BCUT2D eigenvalue weighted by molar-refractivity contribution is 7.91. The summed E-state index contributed by atoms with van der Waals surface area (Å²) in [5.41, 5.74) is -4.09. The van der Waals surface area contributed by atoms with E-state index < -0.39 is 99.1 Å². The summed E-state index contributed by atoms with van der Waals surface area (Å²) in [5.74, 6) is -4.56. The van der Waals surface area contributed by atoms with Crippen LogP contribution in [0.1, 0.15) is 72.6 Å². The van der Waals surface area contributed by atoms with Gasteiger partial charge >= 0.3 is 12.3 Å². The molecule has 2 aliphatic heterocycles. The Morgan fingerprint density at radius 3 is 2.39 bits per heavy atom. The van der Waals surface area contributed by atoms with Crippen LogP contribution in [0.4, 0.5) is 28.0 Å². The van der Waals surface area contributed by atoms with E-state index in [9.17, 15) is 45.5 Å². The summed E-state index contributed by atoms with van der Waals surface area (Å²) in [5, 5.41) is 14.3. The molecular formula is C41H54F4N6O9S. The number of allylic oxidation sites excluding steroid dienone is 1. The minimum absolute atomic E-state index is 0.000764. The molecule has 0 bridgehead atoms. The molecule has 2 aliphatic carbocycles. The lowest BCUT2D eigenvalue weighted by Crippen LogP contribution is -2.66. The molecule has 2 aromatic rings. The summed E-state index contributed by atoms with van der Waals surface area (Å²) in [6, 6.07) is 1.92. The molecule has 6 rings (SSSR count). The van der Waals surface area contributed by atoms with Gasteiger partial charge in [-0.3, -0.25) is 24.0 Å². The number of fused-ring (bicyclic) bond motifs is 3. The van der Waals surface area contributed by atoms with E-state index in [1.54, 1.807) is 18.2 Å². The van der Waals surface area contributed by atoms with E-state index in [1.807, 2.05) is 42.8 Å². The lowest BCUT2D eigenvalue weighted by molar-refractivity contribution is -0.222. The monoisotopic (exact) mass is 882 g/mol. The Morgan fingerprint density at radius 2 is 1.80 bits per heavy atom. The Hall–Kier alpha value is -4.88. The third-order valence-corrected chi connectivity index (χ3v) is 14.9. The zero-order valence-electron chi connectivity index (χ0n) is 35.2. The van der Waals surface area contributed by atoms with E-state index in [0.717, 1.165) is 10.6 Å². The van der Waals surface area contributed by atoms with Crippen LogP contribution in [0.15, 0.2) is 36.5 Å². The number of carbonyl (C=O) groups excluding carboxylic acids is 3. The molecule has 7 atom stereocenters.